The van der Waals surface area contributed by atoms with Gasteiger partial charge in [-0.2, -0.15) is 0 Å². The number of rotatable bonds is 5. The summed E-state index contributed by atoms with van der Waals surface area (Å²) in [5.74, 6) is 0.324. The van der Waals surface area contributed by atoms with E-state index in [0.29, 0.717) is 5.75 Å². The predicted molar refractivity (Wildman–Crippen MR) is 79.4 cm³/mol. The highest BCUT2D eigenvalue weighted by Gasteiger charge is 2.05. The number of aryl methyl sites for hydroxylation is 1. The minimum Gasteiger partial charge on any atom is -0.508 e. The second kappa shape index (κ2) is 6.39. The molecular formula is C17H21NO. The van der Waals surface area contributed by atoms with Gasteiger partial charge in [0, 0.05) is 6.04 Å². The molecule has 0 bridgehead atoms. The van der Waals surface area contributed by atoms with E-state index in [2.05, 4.69) is 43.4 Å². The van der Waals surface area contributed by atoms with Gasteiger partial charge in [-0.3, -0.25) is 0 Å². The van der Waals surface area contributed by atoms with Crippen LogP contribution in [-0.4, -0.2) is 11.7 Å². The van der Waals surface area contributed by atoms with Gasteiger partial charge in [0.1, 0.15) is 5.75 Å². The molecule has 0 saturated heterocycles. The van der Waals surface area contributed by atoms with Crippen LogP contribution >= 0.6 is 0 Å². The fourth-order valence-corrected chi connectivity index (χ4v) is 2.21. The van der Waals surface area contributed by atoms with Gasteiger partial charge in [0.15, 0.2) is 0 Å². The smallest absolute Gasteiger partial charge is 0.115 e. The van der Waals surface area contributed by atoms with Gasteiger partial charge in [0.25, 0.3) is 0 Å². The fraction of sp³-hybridized carbons (Fsp3) is 0.294. The van der Waals surface area contributed by atoms with Crippen LogP contribution in [0.5, 0.6) is 5.75 Å². The minimum atomic E-state index is 0.247. The van der Waals surface area contributed by atoms with E-state index in [-0.39, 0.29) is 6.04 Å². The van der Waals surface area contributed by atoms with Crippen molar-refractivity contribution < 1.29 is 5.11 Å². The maximum atomic E-state index is 9.47. The molecule has 2 aromatic rings. The first-order valence-corrected chi connectivity index (χ1v) is 6.73. The van der Waals surface area contributed by atoms with Crippen LogP contribution in [0.25, 0.3) is 0 Å². The van der Waals surface area contributed by atoms with Crippen molar-refractivity contribution in [3.05, 3.63) is 65.2 Å². The van der Waals surface area contributed by atoms with Crippen LogP contribution in [0.1, 0.15) is 29.7 Å². The number of phenols is 1. The summed E-state index contributed by atoms with van der Waals surface area (Å²) in [7, 11) is 0. The molecule has 2 nitrogen and oxygen atoms in total. The molecule has 0 radical (unpaired) electrons. The van der Waals surface area contributed by atoms with Crippen LogP contribution in [0.15, 0.2) is 48.5 Å². The lowest BCUT2D eigenvalue weighted by atomic mass is 10.1. The molecule has 2 rings (SSSR count). The quantitative estimate of drug-likeness (QED) is 0.855. The lowest BCUT2D eigenvalue weighted by molar-refractivity contribution is 0.472. The van der Waals surface area contributed by atoms with E-state index in [1.54, 1.807) is 6.07 Å². The summed E-state index contributed by atoms with van der Waals surface area (Å²) in [5.41, 5.74) is 3.78. The Kier molecular flexibility index (Phi) is 4.58. The molecule has 0 fully saturated rings. The zero-order valence-corrected chi connectivity index (χ0v) is 11.6. The van der Waals surface area contributed by atoms with E-state index < -0.39 is 0 Å². The molecule has 0 aromatic heterocycles. The van der Waals surface area contributed by atoms with Crippen molar-refractivity contribution in [2.24, 2.45) is 0 Å². The maximum absolute atomic E-state index is 9.47. The first-order valence-electron chi connectivity index (χ1n) is 6.73. The molecule has 0 amide bonds. The SMILES string of the molecule is Cc1cccc(CCNC(C)c2cccc(O)c2)c1. The van der Waals surface area contributed by atoms with Crippen molar-refractivity contribution in [1.82, 2.24) is 5.32 Å². The monoisotopic (exact) mass is 255 g/mol. The van der Waals surface area contributed by atoms with Crippen LogP contribution in [0.4, 0.5) is 0 Å². The first-order chi connectivity index (χ1) is 9.15. The van der Waals surface area contributed by atoms with Crippen molar-refractivity contribution in [3.8, 4) is 5.75 Å². The normalized spacial score (nSPS) is 12.3. The van der Waals surface area contributed by atoms with Crippen LogP contribution in [0.2, 0.25) is 0 Å². The molecule has 0 saturated carbocycles. The zero-order chi connectivity index (χ0) is 13.7. The Bertz CT molecular complexity index is 536. The average Bonchev–Trinajstić information content (AvgIpc) is 2.38. The second-order valence-corrected chi connectivity index (χ2v) is 5.01. The van der Waals surface area contributed by atoms with E-state index in [0.717, 1.165) is 18.5 Å². The zero-order valence-electron chi connectivity index (χ0n) is 11.6. The average molecular weight is 255 g/mol. The predicted octanol–water partition coefficient (Wildman–Crippen LogP) is 3.59. The Morgan fingerprint density at radius 3 is 2.63 bits per heavy atom. The highest BCUT2D eigenvalue weighted by Crippen LogP contribution is 2.17. The van der Waals surface area contributed by atoms with E-state index >= 15 is 0 Å². The van der Waals surface area contributed by atoms with Crippen LogP contribution < -0.4 is 5.32 Å². The van der Waals surface area contributed by atoms with Gasteiger partial charge < -0.3 is 10.4 Å². The third kappa shape index (κ3) is 4.11. The Morgan fingerprint density at radius 2 is 1.89 bits per heavy atom. The molecule has 19 heavy (non-hydrogen) atoms. The summed E-state index contributed by atoms with van der Waals surface area (Å²) in [6, 6.07) is 16.3. The number of phenolic OH excluding ortho intramolecular Hbond substituents is 1. The Balaban J connectivity index is 1.85. The Morgan fingerprint density at radius 1 is 1.11 bits per heavy atom. The van der Waals surface area contributed by atoms with E-state index in [1.807, 2.05) is 18.2 Å². The van der Waals surface area contributed by atoms with Gasteiger partial charge >= 0.3 is 0 Å². The Hall–Kier alpha value is -1.80. The van der Waals surface area contributed by atoms with Gasteiger partial charge in [0.2, 0.25) is 0 Å². The fourth-order valence-electron chi connectivity index (χ4n) is 2.21. The van der Waals surface area contributed by atoms with Crippen LogP contribution in [0.3, 0.4) is 0 Å². The molecule has 1 atom stereocenters. The lowest BCUT2D eigenvalue weighted by Crippen LogP contribution is -2.21. The van der Waals surface area contributed by atoms with Crippen molar-refractivity contribution >= 4 is 0 Å². The highest BCUT2D eigenvalue weighted by molar-refractivity contribution is 5.29. The number of hydrogen-bond donors (Lipinski definition) is 2. The number of hydrogen-bond acceptors (Lipinski definition) is 2. The number of nitrogens with one attached hydrogen (secondary N) is 1. The first kappa shape index (κ1) is 13.6. The molecule has 2 N–H and O–H groups in total. The second-order valence-electron chi connectivity index (χ2n) is 5.01. The van der Waals surface area contributed by atoms with Crippen LogP contribution in [0, 0.1) is 6.92 Å². The van der Waals surface area contributed by atoms with Crippen molar-refractivity contribution in [3.63, 3.8) is 0 Å². The summed E-state index contributed by atoms with van der Waals surface area (Å²) in [6.45, 7) is 5.16. The highest BCUT2D eigenvalue weighted by atomic mass is 16.3. The van der Waals surface area contributed by atoms with Crippen molar-refractivity contribution in [2.45, 2.75) is 26.3 Å². The third-order valence-corrected chi connectivity index (χ3v) is 3.32. The van der Waals surface area contributed by atoms with E-state index in [9.17, 15) is 5.11 Å². The summed E-state index contributed by atoms with van der Waals surface area (Å²) in [6.07, 6.45) is 1.02. The standard InChI is InChI=1S/C17H21NO/c1-13-5-3-6-15(11-13)9-10-18-14(2)16-7-4-8-17(19)12-16/h3-8,11-12,14,18-19H,9-10H2,1-2H3. The Labute approximate surface area is 115 Å². The largest absolute Gasteiger partial charge is 0.508 e. The maximum Gasteiger partial charge on any atom is 0.115 e. The van der Waals surface area contributed by atoms with E-state index in [1.165, 1.54) is 11.1 Å². The molecule has 0 heterocycles. The summed E-state index contributed by atoms with van der Waals surface area (Å²) < 4.78 is 0. The third-order valence-electron chi connectivity index (χ3n) is 3.32. The summed E-state index contributed by atoms with van der Waals surface area (Å²) in [4.78, 5) is 0. The van der Waals surface area contributed by atoms with Crippen molar-refractivity contribution in [2.75, 3.05) is 6.54 Å². The summed E-state index contributed by atoms with van der Waals surface area (Å²) >= 11 is 0. The molecule has 1 unspecified atom stereocenters. The number of benzene rings is 2. The van der Waals surface area contributed by atoms with Gasteiger partial charge in [-0.25, -0.2) is 0 Å². The number of aromatic hydroxyl groups is 1. The van der Waals surface area contributed by atoms with Gasteiger partial charge in [-0.15, -0.1) is 0 Å². The minimum absolute atomic E-state index is 0.247. The molecule has 0 spiro atoms. The van der Waals surface area contributed by atoms with Gasteiger partial charge in [-0.05, 0) is 50.1 Å². The lowest BCUT2D eigenvalue weighted by Gasteiger charge is -2.14. The van der Waals surface area contributed by atoms with Gasteiger partial charge in [0.05, 0.1) is 0 Å². The van der Waals surface area contributed by atoms with E-state index in [4.69, 9.17) is 0 Å². The molecular weight excluding hydrogens is 234 g/mol. The molecule has 0 aliphatic rings. The van der Waals surface area contributed by atoms with Crippen molar-refractivity contribution in [1.29, 1.82) is 0 Å². The van der Waals surface area contributed by atoms with Crippen LogP contribution in [-0.2, 0) is 6.42 Å². The molecule has 2 heteroatoms. The topological polar surface area (TPSA) is 32.3 Å². The molecule has 0 aliphatic heterocycles. The molecule has 100 valence electrons. The summed E-state index contributed by atoms with van der Waals surface area (Å²) in [5, 5.41) is 13.0. The van der Waals surface area contributed by atoms with Gasteiger partial charge in [-0.1, -0.05) is 42.0 Å². The molecule has 2 aromatic carbocycles. The molecule has 0 aliphatic carbocycles.